The summed E-state index contributed by atoms with van der Waals surface area (Å²) in [7, 11) is 0. The number of esters is 1. The van der Waals surface area contributed by atoms with Gasteiger partial charge < -0.3 is 9.47 Å². The zero-order valence-electron chi connectivity index (χ0n) is 18.4. The molecule has 0 radical (unpaired) electrons. The van der Waals surface area contributed by atoms with Gasteiger partial charge in [0.25, 0.3) is 0 Å². The zero-order valence-corrected chi connectivity index (χ0v) is 18.4. The van der Waals surface area contributed by atoms with Gasteiger partial charge in [-0.3, -0.25) is 4.79 Å². The zero-order chi connectivity index (χ0) is 21.7. The van der Waals surface area contributed by atoms with E-state index < -0.39 is 0 Å². The van der Waals surface area contributed by atoms with Crippen molar-refractivity contribution in [3.05, 3.63) is 69.5 Å². The van der Waals surface area contributed by atoms with E-state index in [0.29, 0.717) is 31.6 Å². The van der Waals surface area contributed by atoms with E-state index in [1.165, 1.54) is 11.1 Å². The number of allylic oxidation sites excluding steroid dienone is 1. The molecule has 2 aromatic carbocycles. The molecule has 0 N–H and O–H groups in total. The van der Waals surface area contributed by atoms with Crippen molar-refractivity contribution in [1.82, 2.24) is 0 Å². The van der Waals surface area contributed by atoms with Gasteiger partial charge in [0.05, 0.1) is 6.61 Å². The van der Waals surface area contributed by atoms with E-state index in [0.717, 1.165) is 47.3 Å². The molecule has 0 aromatic heterocycles. The fourth-order valence-electron chi connectivity index (χ4n) is 4.01. The van der Waals surface area contributed by atoms with Gasteiger partial charge in [-0.15, -0.1) is 0 Å². The summed E-state index contributed by atoms with van der Waals surface area (Å²) >= 11 is 0. The monoisotopic (exact) mass is 410 g/mol. The first-order valence-electron chi connectivity index (χ1n) is 10.8. The molecular weight excluding hydrogens is 379 g/mol. The van der Waals surface area contributed by atoms with Crippen molar-refractivity contribution in [3.8, 4) is 5.75 Å². The van der Waals surface area contributed by atoms with Crippen LogP contribution in [0.5, 0.6) is 5.75 Å². The highest BCUT2D eigenvalue weighted by Gasteiger charge is 2.18. The highest BCUT2D eigenvalue weighted by atomic mass is 19.1. The quantitative estimate of drug-likeness (QED) is 0.482. The fraction of sp³-hybridized carbons (Fsp3) is 0.423. The minimum atomic E-state index is -0.164. The Labute approximate surface area is 178 Å². The van der Waals surface area contributed by atoms with Crippen LogP contribution in [0, 0.1) is 26.6 Å². The lowest BCUT2D eigenvalue weighted by atomic mass is 9.98. The van der Waals surface area contributed by atoms with Crippen LogP contribution in [0.4, 0.5) is 4.39 Å². The second-order valence-electron chi connectivity index (χ2n) is 7.97. The lowest BCUT2D eigenvalue weighted by molar-refractivity contribution is -0.143. The van der Waals surface area contributed by atoms with Gasteiger partial charge in [0.1, 0.15) is 18.2 Å². The Balaban J connectivity index is 1.71. The van der Waals surface area contributed by atoms with Crippen molar-refractivity contribution in [1.29, 1.82) is 0 Å². The van der Waals surface area contributed by atoms with E-state index in [1.807, 2.05) is 31.2 Å². The smallest absolute Gasteiger partial charge is 0.306 e. The number of hydrogen-bond acceptors (Lipinski definition) is 3. The van der Waals surface area contributed by atoms with Crippen LogP contribution in [0.3, 0.4) is 0 Å². The Morgan fingerprint density at radius 3 is 2.60 bits per heavy atom. The van der Waals surface area contributed by atoms with Crippen LogP contribution >= 0.6 is 0 Å². The summed E-state index contributed by atoms with van der Waals surface area (Å²) in [4.78, 5) is 11.6. The molecule has 30 heavy (non-hydrogen) atoms. The minimum absolute atomic E-state index is 0.156. The largest absolute Gasteiger partial charge is 0.489 e. The van der Waals surface area contributed by atoms with Crippen molar-refractivity contribution < 1.29 is 18.7 Å². The van der Waals surface area contributed by atoms with Crippen LogP contribution in [-0.2, 0) is 16.0 Å². The molecule has 3 rings (SSSR count). The van der Waals surface area contributed by atoms with Crippen molar-refractivity contribution in [2.45, 2.75) is 59.8 Å². The standard InChI is InChI=1S/C26H31FO3/c1-5-29-26(28)14-12-20-11-13-25(19(4)18(20)3)30-16-22-7-6-8-23(22)21-10-9-17(2)24(27)15-21/h9-11,13,15H,5-8,12,14,16H2,1-4H3. The summed E-state index contributed by atoms with van der Waals surface area (Å²) < 4.78 is 25.2. The van der Waals surface area contributed by atoms with Gasteiger partial charge in [-0.25, -0.2) is 4.39 Å². The molecule has 0 saturated heterocycles. The first-order valence-corrected chi connectivity index (χ1v) is 10.8. The minimum Gasteiger partial charge on any atom is -0.489 e. The summed E-state index contributed by atoms with van der Waals surface area (Å²) in [5.74, 6) is 0.543. The average molecular weight is 411 g/mol. The van der Waals surface area contributed by atoms with Crippen molar-refractivity contribution in [2.75, 3.05) is 13.2 Å². The third kappa shape index (κ3) is 5.10. The van der Waals surface area contributed by atoms with Crippen LogP contribution in [0.15, 0.2) is 35.9 Å². The fourth-order valence-corrected chi connectivity index (χ4v) is 4.01. The van der Waals surface area contributed by atoms with Crippen molar-refractivity contribution >= 4 is 11.5 Å². The van der Waals surface area contributed by atoms with Gasteiger partial charge in [-0.2, -0.15) is 0 Å². The number of aryl methyl sites for hydroxylation is 2. The predicted molar refractivity (Wildman–Crippen MR) is 118 cm³/mol. The molecule has 0 aliphatic heterocycles. The number of ether oxygens (including phenoxy) is 2. The first-order chi connectivity index (χ1) is 14.4. The number of halogens is 1. The Morgan fingerprint density at radius 1 is 1.07 bits per heavy atom. The predicted octanol–water partition coefficient (Wildman–Crippen LogP) is 6.26. The molecule has 0 heterocycles. The second-order valence-corrected chi connectivity index (χ2v) is 7.97. The molecule has 0 saturated carbocycles. The maximum Gasteiger partial charge on any atom is 0.306 e. The van der Waals surface area contributed by atoms with E-state index in [9.17, 15) is 9.18 Å². The van der Waals surface area contributed by atoms with E-state index in [2.05, 4.69) is 13.8 Å². The molecule has 3 nitrogen and oxygen atoms in total. The highest BCUT2D eigenvalue weighted by Crippen LogP contribution is 2.35. The summed E-state index contributed by atoms with van der Waals surface area (Å²) in [6.45, 7) is 8.66. The van der Waals surface area contributed by atoms with Crippen LogP contribution in [0.2, 0.25) is 0 Å². The number of hydrogen-bond donors (Lipinski definition) is 0. The SMILES string of the molecule is CCOC(=O)CCc1ccc(OCC2=C(c3ccc(C)c(F)c3)CCC2)c(C)c1C. The van der Waals surface area contributed by atoms with E-state index in [4.69, 9.17) is 9.47 Å². The maximum absolute atomic E-state index is 14.0. The van der Waals surface area contributed by atoms with Crippen molar-refractivity contribution in [2.24, 2.45) is 0 Å². The first kappa shape index (κ1) is 22.1. The maximum atomic E-state index is 14.0. The summed E-state index contributed by atoms with van der Waals surface area (Å²) in [5, 5.41) is 0. The molecule has 1 aliphatic carbocycles. The second kappa shape index (κ2) is 9.92. The van der Waals surface area contributed by atoms with E-state index >= 15 is 0 Å². The van der Waals surface area contributed by atoms with Crippen LogP contribution in [-0.4, -0.2) is 19.2 Å². The molecule has 0 spiro atoms. The Kier molecular flexibility index (Phi) is 7.30. The van der Waals surface area contributed by atoms with Gasteiger partial charge in [0, 0.05) is 6.42 Å². The number of carbonyl (C=O) groups is 1. The normalized spacial score (nSPS) is 13.6. The molecule has 4 heteroatoms. The number of benzene rings is 2. The summed E-state index contributed by atoms with van der Waals surface area (Å²) in [5.41, 5.74) is 7.50. The summed E-state index contributed by atoms with van der Waals surface area (Å²) in [6, 6.07) is 9.52. The van der Waals surface area contributed by atoms with Crippen LogP contribution in [0.25, 0.3) is 5.57 Å². The van der Waals surface area contributed by atoms with Crippen LogP contribution in [0.1, 0.15) is 60.4 Å². The molecule has 160 valence electrons. The molecule has 0 atom stereocenters. The third-order valence-electron chi connectivity index (χ3n) is 6.01. The van der Waals surface area contributed by atoms with Gasteiger partial charge in [-0.1, -0.05) is 18.2 Å². The highest BCUT2D eigenvalue weighted by molar-refractivity contribution is 5.71. The molecule has 0 amide bonds. The van der Waals surface area contributed by atoms with Crippen molar-refractivity contribution in [3.63, 3.8) is 0 Å². The molecule has 1 aliphatic rings. The van der Waals surface area contributed by atoms with Crippen LogP contribution < -0.4 is 4.74 Å². The molecule has 0 unspecified atom stereocenters. The molecule has 0 bridgehead atoms. The van der Waals surface area contributed by atoms with E-state index in [-0.39, 0.29) is 11.8 Å². The Bertz CT molecular complexity index is 959. The third-order valence-corrected chi connectivity index (χ3v) is 6.01. The Hall–Kier alpha value is -2.62. The van der Waals surface area contributed by atoms with E-state index in [1.54, 1.807) is 13.0 Å². The topological polar surface area (TPSA) is 35.5 Å². The average Bonchev–Trinajstić information content (AvgIpc) is 3.19. The van der Waals surface area contributed by atoms with Gasteiger partial charge >= 0.3 is 5.97 Å². The lowest BCUT2D eigenvalue weighted by Gasteiger charge is -2.16. The number of carbonyl (C=O) groups excluding carboxylic acids is 1. The molecular formula is C26H31FO3. The van der Waals surface area contributed by atoms with Gasteiger partial charge in [0.15, 0.2) is 0 Å². The van der Waals surface area contributed by atoms with Gasteiger partial charge in [-0.05, 0) is 104 Å². The summed E-state index contributed by atoms with van der Waals surface area (Å²) in [6.07, 6.45) is 4.08. The lowest BCUT2D eigenvalue weighted by Crippen LogP contribution is -2.07. The number of rotatable bonds is 8. The Morgan fingerprint density at radius 2 is 1.87 bits per heavy atom. The van der Waals surface area contributed by atoms with Gasteiger partial charge in [0.2, 0.25) is 0 Å². The molecule has 2 aromatic rings. The molecule has 0 fully saturated rings.